The van der Waals surface area contributed by atoms with Crippen molar-refractivity contribution in [1.29, 1.82) is 0 Å². The fourth-order valence-electron chi connectivity index (χ4n) is 2.44. The van der Waals surface area contributed by atoms with Gasteiger partial charge < -0.3 is 10.8 Å². The molecule has 4 heteroatoms. The van der Waals surface area contributed by atoms with Crippen LogP contribution in [0.2, 0.25) is 0 Å². The molecule has 1 rings (SSSR count). The Hall–Kier alpha value is -0.610. The van der Waals surface area contributed by atoms with Crippen molar-refractivity contribution in [2.75, 3.05) is 19.6 Å². The maximum Gasteiger partial charge on any atom is 0.320 e. The second kappa shape index (κ2) is 6.08. The molecule has 1 aliphatic rings. The Morgan fingerprint density at radius 2 is 2.40 bits per heavy atom. The molecular weight excluding hydrogens is 192 g/mol. The number of aliphatic carboxylic acids is 1. The molecule has 0 saturated carbocycles. The van der Waals surface area contributed by atoms with Crippen LogP contribution in [0.3, 0.4) is 0 Å². The van der Waals surface area contributed by atoms with Crippen LogP contribution in [0.15, 0.2) is 0 Å². The number of hydrogen-bond donors (Lipinski definition) is 2. The molecule has 0 amide bonds. The summed E-state index contributed by atoms with van der Waals surface area (Å²) >= 11 is 0. The molecule has 0 bridgehead atoms. The largest absolute Gasteiger partial charge is 0.480 e. The highest BCUT2D eigenvalue weighted by Crippen LogP contribution is 2.21. The summed E-state index contributed by atoms with van der Waals surface area (Å²) in [6.45, 7) is 4.47. The number of carboxylic acids is 1. The van der Waals surface area contributed by atoms with Crippen molar-refractivity contribution in [3.05, 3.63) is 0 Å². The smallest absolute Gasteiger partial charge is 0.320 e. The Balaban J connectivity index is 2.50. The number of carbonyl (C=O) groups is 1. The van der Waals surface area contributed by atoms with Crippen molar-refractivity contribution >= 4 is 5.97 Å². The second-order valence-corrected chi connectivity index (χ2v) is 4.34. The molecule has 0 aromatic heterocycles. The van der Waals surface area contributed by atoms with E-state index in [4.69, 9.17) is 10.8 Å². The molecule has 0 aromatic carbocycles. The first-order chi connectivity index (χ1) is 7.19. The lowest BCUT2D eigenvalue weighted by Gasteiger charge is -2.36. The van der Waals surface area contributed by atoms with Crippen molar-refractivity contribution in [2.24, 2.45) is 11.7 Å². The van der Waals surface area contributed by atoms with Gasteiger partial charge in [-0.25, -0.2) is 0 Å². The molecule has 1 fully saturated rings. The van der Waals surface area contributed by atoms with Crippen LogP contribution >= 0.6 is 0 Å². The molecule has 1 saturated heterocycles. The molecule has 0 spiro atoms. The zero-order valence-corrected chi connectivity index (χ0v) is 9.48. The van der Waals surface area contributed by atoms with Crippen molar-refractivity contribution in [3.63, 3.8) is 0 Å². The van der Waals surface area contributed by atoms with Crippen molar-refractivity contribution in [3.8, 4) is 0 Å². The third-order valence-electron chi connectivity index (χ3n) is 3.24. The van der Waals surface area contributed by atoms with E-state index < -0.39 is 5.97 Å². The number of likely N-dealkylation sites (tertiary alicyclic amines) is 1. The first-order valence-electron chi connectivity index (χ1n) is 5.86. The van der Waals surface area contributed by atoms with E-state index in [0.29, 0.717) is 18.9 Å². The van der Waals surface area contributed by atoms with E-state index in [2.05, 4.69) is 4.90 Å². The lowest BCUT2D eigenvalue weighted by Crippen LogP contribution is -2.46. The zero-order chi connectivity index (χ0) is 11.3. The van der Waals surface area contributed by atoms with E-state index in [-0.39, 0.29) is 6.04 Å². The van der Waals surface area contributed by atoms with Gasteiger partial charge in [0.15, 0.2) is 0 Å². The van der Waals surface area contributed by atoms with Crippen LogP contribution < -0.4 is 5.73 Å². The minimum atomic E-state index is -0.689. The van der Waals surface area contributed by atoms with Gasteiger partial charge in [-0.15, -0.1) is 0 Å². The predicted molar refractivity (Wildman–Crippen MR) is 59.7 cm³/mol. The normalized spacial score (nSPS) is 25.1. The summed E-state index contributed by atoms with van der Waals surface area (Å²) in [5, 5.41) is 9.08. The molecule has 0 aromatic rings. The maximum atomic E-state index is 11.0. The van der Waals surface area contributed by atoms with E-state index in [0.717, 1.165) is 25.9 Å². The average Bonchev–Trinajstić information content (AvgIpc) is 2.19. The summed E-state index contributed by atoms with van der Waals surface area (Å²) in [5.74, 6) is -0.0944. The van der Waals surface area contributed by atoms with E-state index in [1.807, 2.05) is 6.92 Å². The van der Waals surface area contributed by atoms with Crippen LogP contribution in [0.1, 0.15) is 32.6 Å². The van der Waals surface area contributed by atoms with Gasteiger partial charge in [-0.3, -0.25) is 9.69 Å². The van der Waals surface area contributed by atoms with Gasteiger partial charge in [0, 0.05) is 6.54 Å². The lowest BCUT2D eigenvalue weighted by atomic mass is 9.93. The van der Waals surface area contributed by atoms with Gasteiger partial charge in [-0.1, -0.05) is 6.92 Å². The van der Waals surface area contributed by atoms with Gasteiger partial charge >= 0.3 is 5.97 Å². The number of nitrogens with zero attached hydrogens (tertiary/aromatic N) is 1. The van der Waals surface area contributed by atoms with E-state index in [9.17, 15) is 4.79 Å². The summed E-state index contributed by atoms with van der Waals surface area (Å²) in [6, 6.07) is -0.300. The maximum absolute atomic E-state index is 11.0. The third-order valence-corrected chi connectivity index (χ3v) is 3.24. The highest BCUT2D eigenvalue weighted by atomic mass is 16.4. The summed E-state index contributed by atoms with van der Waals surface area (Å²) in [5.41, 5.74) is 5.54. The number of nitrogens with two attached hydrogens (primary N) is 1. The lowest BCUT2D eigenvalue weighted by molar-refractivity contribution is -0.144. The topological polar surface area (TPSA) is 66.6 Å². The van der Waals surface area contributed by atoms with Crippen molar-refractivity contribution in [2.45, 2.75) is 38.6 Å². The minimum absolute atomic E-state index is 0.300. The van der Waals surface area contributed by atoms with Gasteiger partial charge in [0.2, 0.25) is 0 Å². The minimum Gasteiger partial charge on any atom is -0.480 e. The Labute approximate surface area is 91.4 Å². The monoisotopic (exact) mass is 214 g/mol. The first kappa shape index (κ1) is 12.5. The van der Waals surface area contributed by atoms with Gasteiger partial charge in [0.25, 0.3) is 0 Å². The van der Waals surface area contributed by atoms with Crippen LogP contribution in [0.5, 0.6) is 0 Å². The fourth-order valence-corrected chi connectivity index (χ4v) is 2.44. The summed E-state index contributed by atoms with van der Waals surface area (Å²) in [6.07, 6.45) is 4.01. The zero-order valence-electron chi connectivity index (χ0n) is 9.48. The first-order valence-corrected chi connectivity index (χ1v) is 5.86. The quantitative estimate of drug-likeness (QED) is 0.714. The second-order valence-electron chi connectivity index (χ2n) is 4.34. The summed E-state index contributed by atoms with van der Waals surface area (Å²) < 4.78 is 0. The standard InChI is InChI=1S/C11H22N2O2/c1-2-10(11(14)15)13-7-3-4-9(8-13)5-6-12/h9-10H,2-8,12H2,1H3,(H,14,15). The van der Waals surface area contributed by atoms with Crippen LogP contribution in [0, 0.1) is 5.92 Å². The van der Waals surface area contributed by atoms with Crippen LogP contribution in [0.25, 0.3) is 0 Å². The Bertz CT molecular complexity index is 207. The van der Waals surface area contributed by atoms with Gasteiger partial charge in [-0.2, -0.15) is 0 Å². The Kier molecular flexibility index (Phi) is 5.05. The van der Waals surface area contributed by atoms with Gasteiger partial charge in [0.05, 0.1) is 0 Å². The predicted octanol–water partition coefficient (Wildman–Crippen LogP) is 0.910. The molecule has 3 N–H and O–H groups in total. The van der Waals surface area contributed by atoms with E-state index in [1.165, 1.54) is 6.42 Å². The molecule has 0 radical (unpaired) electrons. The summed E-state index contributed by atoms with van der Waals surface area (Å²) in [7, 11) is 0. The Morgan fingerprint density at radius 1 is 1.67 bits per heavy atom. The molecule has 4 nitrogen and oxygen atoms in total. The molecule has 15 heavy (non-hydrogen) atoms. The van der Waals surface area contributed by atoms with Gasteiger partial charge in [0.1, 0.15) is 6.04 Å². The molecule has 0 aliphatic carbocycles. The molecular formula is C11H22N2O2. The molecule has 88 valence electrons. The van der Waals surface area contributed by atoms with E-state index >= 15 is 0 Å². The van der Waals surface area contributed by atoms with Crippen LogP contribution in [0.4, 0.5) is 0 Å². The van der Waals surface area contributed by atoms with Gasteiger partial charge in [-0.05, 0) is 44.7 Å². The Morgan fingerprint density at radius 3 is 2.93 bits per heavy atom. The third kappa shape index (κ3) is 3.47. The highest BCUT2D eigenvalue weighted by molar-refractivity contribution is 5.73. The fraction of sp³-hybridized carbons (Fsp3) is 0.909. The molecule has 2 atom stereocenters. The van der Waals surface area contributed by atoms with Crippen molar-refractivity contribution in [1.82, 2.24) is 4.90 Å². The highest BCUT2D eigenvalue weighted by Gasteiger charge is 2.28. The van der Waals surface area contributed by atoms with Crippen molar-refractivity contribution < 1.29 is 9.90 Å². The van der Waals surface area contributed by atoms with E-state index in [1.54, 1.807) is 0 Å². The number of piperidine rings is 1. The van der Waals surface area contributed by atoms with Crippen LogP contribution in [-0.4, -0.2) is 41.7 Å². The number of rotatable bonds is 5. The molecule has 1 heterocycles. The van der Waals surface area contributed by atoms with Crippen LogP contribution in [-0.2, 0) is 4.79 Å². The number of carboxylic acid groups (broad SMARTS) is 1. The SMILES string of the molecule is CCC(C(=O)O)N1CCCC(CCN)C1. The molecule has 1 aliphatic heterocycles. The summed E-state index contributed by atoms with van der Waals surface area (Å²) in [4.78, 5) is 13.1. The molecule has 2 unspecified atom stereocenters. The average molecular weight is 214 g/mol. The number of hydrogen-bond acceptors (Lipinski definition) is 3.